The fourth-order valence-corrected chi connectivity index (χ4v) is 7.78. The monoisotopic (exact) mass is 430 g/mol. The van der Waals surface area contributed by atoms with Gasteiger partial charge in [-0.05, 0) is 50.5 Å². The summed E-state index contributed by atoms with van der Waals surface area (Å²) in [5, 5.41) is 0. The van der Waals surface area contributed by atoms with Crippen LogP contribution >= 0.6 is 0 Å². The number of epoxide rings is 1. The topological polar surface area (TPSA) is 82.2 Å². The fraction of sp³-hybridized carbons (Fsp3) is 0.800. The summed E-state index contributed by atoms with van der Waals surface area (Å²) in [6.07, 6.45) is 9.46. The Hall–Kier alpha value is -1.69. The second-order valence-corrected chi connectivity index (χ2v) is 10.7. The zero-order valence-electron chi connectivity index (χ0n) is 18.9. The maximum absolute atomic E-state index is 13.0. The van der Waals surface area contributed by atoms with Gasteiger partial charge in [0.1, 0.15) is 11.2 Å². The molecule has 5 aliphatic rings. The number of rotatable bonds is 5. The van der Waals surface area contributed by atoms with Crippen LogP contribution in [-0.2, 0) is 28.6 Å². The SMILES string of the molecule is CCCCC(=O)/C=C1/C[C@@H](C(=O)OC)[C@H]2[C@@H]3CC[C@@]4(CCC(=O)O4)[C@@]3(C)C[C@H]3O[C@@]23C1. The molecule has 31 heavy (non-hydrogen) atoms. The zero-order chi connectivity index (χ0) is 22.0. The van der Waals surface area contributed by atoms with E-state index in [1.165, 1.54) is 7.11 Å². The Labute approximate surface area is 184 Å². The standard InChI is InChI=1S/C25H34O6/c1-4-5-6-16(26)11-15-12-17(22(28)29-3)21-18-7-9-24(10-8-20(27)31-24)23(18,2)14-19-25(21,13-15)30-19/h11,17-19,21H,4-10,12-14H2,1-3H3/b15-11-/t17-,18+,19-,21+,23+,24-,25-/m1/s1. The Bertz CT molecular complexity index is 847. The van der Waals surface area contributed by atoms with Crippen molar-refractivity contribution in [2.45, 2.75) is 95.4 Å². The molecular weight excluding hydrogens is 396 g/mol. The van der Waals surface area contributed by atoms with Gasteiger partial charge in [0.15, 0.2) is 5.78 Å². The van der Waals surface area contributed by atoms with Gasteiger partial charge in [0.25, 0.3) is 0 Å². The van der Waals surface area contributed by atoms with Crippen molar-refractivity contribution >= 4 is 17.7 Å². The van der Waals surface area contributed by atoms with Gasteiger partial charge < -0.3 is 14.2 Å². The van der Waals surface area contributed by atoms with Crippen molar-refractivity contribution in [2.24, 2.45) is 23.2 Å². The predicted molar refractivity (Wildman–Crippen MR) is 112 cm³/mol. The van der Waals surface area contributed by atoms with E-state index in [0.29, 0.717) is 19.3 Å². The van der Waals surface area contributed by atoms with E-state index in [-0.39, 0.29) is 52.6 Å². The maximum atomic E-state index is 13.0. The van der Waals surface area contributed by atoms with Gasteiger partial charge in [0.05, 0.1) is 19.1 Å². The molecular formula is C25H34O6. The molecule has 2 heterocycles. The summed E-state index contributed by atoms with van der Waals surface area (Å²) in [7, 11) is 1.45. The zero-order valence-corrected chi connectivity index (χ0v) is 18.9. The van der Waals surface area contributed by atoms with Gasteiger partial charge in [-0.2, -0.15) is 0 Å². The number of allylic oxidation sites excluding steroid dienone is 1. The number of carbonyl (C=O) groups excluding carboxylic acids is 3. The number of hydrogen-bond donors (Lipinski definition) is 0. The lowest BCUT2D eigenvalue weighted by Gasteiger charge is -2.52. The Kier molecular flexibility index (Phi) is 4.89. The minimum atomic E-state index is -0.417. The van der Waals surface area contributed by atoms with Crippen molar-refractivity contribution in [2.75, 3.05) is 7.11 Å². The third-order valence-electron chi connectivity index (χ3n) is 9.28. The Morgan fingerprint density at radius 1 is 1.29 bits per heavy atom. The van der Waals surface area contributed by atoms with Crippen LogP contribution in [0.25, 0.3) is 0 Å². The molecule has 2 saturated heterocycles. The van der Waals surface area contributed by atoms with Crippen LogP contribution in [0.15, 0.2) is 11.6 Å². The first kappa shape index (κ1) is 21.2. The molecule has 3 aliphatic carbocycles. The van der Waals surface area contributed by atoms with Crippen LogP contribution < -0.4 is 0 Å². The molecule has 0 unspecified atom stereocenters. The van der Waals surface area contributed by atoms with Crippen molar-refractivity contribution in [1.29, 1.82) is 0 Å². The first-order chi connectivity index (χ1) is 14.8. The normalized spacial score (nSPS) is 46.3. The summed E-state index contributed by atoms with van der Waals surface area (Å²) in [4.78, 5) is 37.5. The van der Waals surface area contributed by atoms with E-state index in [9.17, 15) is 14.4 Å². The highest BCUT2D eigenvalue weighted by atomic mass is 16.6. The highest BCUT2D eigenvalue weighted by Gasteiger charge is 2.78. The number of ketones is 1. The van der Waals surface area contributed by atoms with Crippen molar-refractivity contribution in [1.82, 2.24) is 0 Å². The molecule has 170 valence electrons. The van der Waals surface area contributed by atoms with Crippen LogP contribution in [0.4, 0.5) is 0 Å². The lowest BCUT2D eigenvalue weighted by molar-refractivity contribution is -0.168. The van der Waals surface area contributed by atoms with E-state index in [4.69, 9.17) is 14.2 Å². The molecule has 0 radical (unpaired) electrons. The van der Waals surface area contributed by atoms with E-state index >= 15 is 0 Å². The van der Waals surface area contributed by atoms with E-state index in [0.717, 1.165) is 50.5 Å². The summed E-state index contributed by atoms with van der Waals surface area (Å²) in [6, 6.07) is 0. The van der Waals surface area contributed by atoms with Gasteiger partial charge in [-0.25, -0.2) is 0 Å². The van der Waals surface area contributed by atoms with E-state index in [2.05, 4.69) is 13.8 Å². The molecule has 3 saturated carbocycles. The molecule has 0 N–H and O–H groups in total. The molecule has 6 nitrogen and oxygen atoms in total. The van der Waals surface area contributed by atoms with Crippen molar-refractivity contribution in [3.8, 4) is 0 Å². The fourth-order valence-electron chi connectivity index (χ4n) is 7.78. The third-order valence-corrected chi connectivity index (χ3v) is 9.28. The maximum Gasteiger partial charge on any atom is 0.309 e. The highest BCUT2D eigenvalue weighted by molar-refractivity contribution is 5.90. The van der Waals surface area contributed by atoms with Gasteiger partial charge in [-0.3, -0.25) is 14.4 Å². The third kappa shape index (κ3) is 2.96. The Morgan fingerprint density at radius 3 is 2.77 bits per heavy atom. The van der Waals surface area contributed by atoms with Gasteiger partial charge in [0.2, 0.25) is 0 Å². The molecule has 2 aliphatic heterocycles. The van der Waals surface area contributed by atoms with Crippen LogP contribution in [-0.4, -0.2) is 42.1 Å². The number of esters is 2. The number of fused-ring (bicyclic) bond motifs is 3. The average molecular weight is 431 g/mol. The van der Waals surface area contributed by atoms with Crippen molar-refractivity contribution in [3.05, 3.63) is 11.6 Å². The second-order valence-electron chi connectivity index (χ2n) is 10.7. The minimum absolute atomic E-state index is 0.0465. The minimum Gasteiger partial charge on any atom is -0.469 e. The molecule has 0 aromatic heterocycles. The number of hydrogen-bond acceptors (Lipinski definition) is 6. The van der Waals surface area contributed by atoms with Gasteiger partial charge in [-0.15, -0.1) is 0 Å². The average Bonchev–Trinajstić information content (AvgIpc) is 3.13. The number of ether oxygens (including phenoxy) is 3. The molecule has 2 spiro atoms. The lowest BCUT2D eigenvalue weighted by atomic mass is 9.50. The summed E-state index contributed by atoms with van der Waals surface area (Å²) in [5.41, 5.74) is 0.0594. The molecule has 0 aromatic rings. The van der Waals surface area contributed by atoms with Crippen molar-refractivity contribution < 1.29 is 28.6 Å². The Morgan fingerprint density at radius 2 is 2.10 bits per heavy atom. The van der Waals surface area contributed by atoms with Crippen molar-refractivity contribution in [3.63, 3.8) is 0 Å². The molecule has 0 aromatic carbocycles. The van der Waals surface area contributed by atoms with Crippen LogP contribution in [0.3, 0.4) is 0 Å². The van der Waals surface area contributed by atoms with Crippen LogP contribution in [0, 0.1) is 23.2 Å². The molecule has 5 fully saturated rings. The summed E-state index contributed by atoms with van der Waals surface area (Å²) < 4.78 is 17.7. The van der Waals surface area contributed by atoms with E-state index in [1.807, 2.05) is 0 Å². The van der Waals surface area contributed by atoms with Crippen LogP contribution in [0.2, 0.25) is 0 Å². The highest BCUT2D eigenvalue weighted by Crippen LogP contribution is 2.73. The molecule has 6 heteroatoms. The van der Waals surface area contributed by atoms with Crippen LogP contribution in [0.5, 0.6) is 0 Å². The molecule has 7 atom stereocenters. The van der Waals surface area contributed by atoms with Crippen LogP contribution in [0.1, 0.15) is 78.1 Å². The number of unbranched alkanes of at least 4 members (excludes halogenated alkanes) is 1. The first-order valence-corrected chi connectivity index (χ1v) is 12.0. The lowest BCUT2D eigenvalue weighted by Crippen LogP contribution is -2.57. The predicted octanol–water partition coefficient (Wildman–Crippen LogP) is 3.90. The Balaban J connectivity index is 1.48. The second kappa shape index (κ2) is 7.16. The van der Waals surface area contributed by atoms with E-state index < -0.39 is 5.60 Å². The summed E-state index contributed by atoms with van der Waals surface area (Å²) in [5.74, 6) is -0.182. The molecule has 0 bridgehead atoms. The largest absolute Gasteiger partial charge is 0.469 e. The molecule has 5 rings (SSSR count). The summed E-state index contributed by atoms with van der Waals surface area (Å²) >= 11 is 0. The first-order valence-electron chi connectivity index (χ1n) is 12.0. The summed E-state index contributed by atoms with van der Waals surface area (Å²) in [6.45, 7) is 4.33. The molecule has 0 amide bonds. The van der Waals surface area contributed by atoms with Gasteiger partial charge in [0, 0.05) is 30.6 Å². The smallest absolute Gasteiger partial charge is 0.309 e. The van der Waals surface area contributed by atoms with E-state index in [1.54, 1.807) is 6.08 Å². The number of methoxy groups -OCH3 is 1. The quantitative estimate of drug-likeness (QED) is 0.374. The van der Waals surface area contributed by atoms with Gasteiger partial charge in [-0.1, -0.05) is 25.8 Å². The van der Waals surface area contributed by atoms with Gasteiger partial charge >= 0.3 is 11.9 Å². The number of carbonyl (C=O) groups is 3.